The summed E-state index contributed by atoms with van der Waals surface area (Å²) in [7, 11) is 1.50. The first-order valence-corrected chi connectivity index (χ1v) is 9.87. The zero-order valence-electron chi connectivity index (χ0n) is 17.6. The molecule has 1 saturated heterocycles. The van der Waals surface area contributed by atoms with Crippen molar-refractivity contribution in [3.63, 3.8) is 0 Å². The SMILES string of the molecule is COCCO[C@H]1[C@@H](OC(C)=O)[C@H](n2ccc(=O)[nH]c2=O)O[C@@H]1COC(=O)c1ccccc1. The van der Waals surface area contributed by atoms with Gasteiger partial charge in [-0.3, -0.25) is 19.1 Å². The van der Waals surface area contributed by atoms with E-state index in [1.54, 1.807) is 30.3 Å². The predicted molar refractivity (Wildman–Crippen MR) is 109 cm³/mol. The second-order valence-corrected chi connectivity index (χ2v) is 6.95. The molecule has 1 aliphatic rings. The van der Waals surface area contributed by atoms with E-state index in [-0.39, 0.29) is 19.8 Å². The van der Waals surface area contributed by atoms with Crippen molar-refractivity contribution in [3.05, 3.63) is 69.0 Å². The lowest BCUT2D eigenvalue weighted by Crippen LogP contribution is -2.42. The number of nitrogens with one attached hydrogen (secondary N) is 1. The molecule has 1 aromatic heterocycles. The Hall–Kier alpha value is -3.28. The summed E-state index contributed by atoms with van der Waals surface area (Å²) in [5.41, 5.74) is -0.987. The number of carbonyl (C=O) groups is 2. The average molecular weight is 448 g/mol. The van der Waals surface area contributed by atoms with Gasteiger partial charge in [0.1, 0.15) is 18.8 Å². The molecule has 1 fully saturated rings. The summed E-state index contributed by atoms with van der Waals surface area (Å²) < 4.78 is 28.6. The number of benzene rings is 1. The molecule has 0 aliphatic carbocycles. The number of aromatic amines is 1. The van der Waals surface area contributed by atoms with Crippen LogP contribution in [0.25, 0.3) is 0 Å². The van der Waals surface area contributed by atoms with E-state index in [1.165, 1.54) is 20.2 Å². The van der Waals surface area contributed by atoms with Crippen LogP contribution in [0.1, 0.15) is 23.5 Å². The molecule has 1 aliphatic heterocycles. The molecule has 11 heteroatoms. The van der Waals surface area contributed by atoms with Gasteiger partial charge in [-0.05, 0) is 12.1 Å². The third-order valence-electron chi connectivity index (χ3n) is 4.70. The average Bonchev–Trinajstić information content (AvgIpc) is 3.09. The third kappa shape index (κ3) is 5.69. The van der Waals surface area contributed by atoms with Gasteiger partial charge in [-0.15, -0.1) is 0 Å². The van der Waals surface area contributed by atoms with Crippen molar-refractivity contribution in [1.29, 1.82) is 0 Å². The molecule has 0 saturated carbocycles. The molecule has 2 heterocycles. The van der Waals surface area contributed by atoms with Gasteiger partial charge in [0.2, 0.25) is 0 Å². The zero-order valence-corrected chi connectivity index (χ0v) is 17.6. The van der Waals surface area contributed by atoms with Gasteiger partial charge in [-0.25, -0.2) is 9.59 Å². The van der Waals surface area contributed by atoms with E-state index >= 15 is 0 Å². The van der Waals surface area contributed by atoms with Crippen molar-refractivity contribution < 1.29 is 33.3 Å². The smallest absolute Gasteiger partial charge is 0.338 e. The van der Waals surface area contributed by atoms with Crippen LogP contribution < -0.4 is 11.2 Å². The summed E-state index contributed by atoms with van der Waals surface area (Å²) in [4.78, 5) is 50.0. The van der Waals surface area contributed by atoms with Crippen LogP contribution in [-0.4, -0.2) is 66.7 Å². The topological polar surface area (TPSA) is 135 Å². The number of ether oxygens (including phenoxy) is 5. The Morgan fingerprint density at radius 2 is 1.84 bits per heavy atom. The van der Waals surface area contributed by atoms with Crippen LogP contribution in [0.4, 0.5) is 0 Å². The Balaban J connectivity index is 1.85. The standard InChI is InChI=1S/C21H24N2O9/c1-13(24)31-18-17(29-11-10-28-2)15(12-30-20(26)14-6-4-3-5-7-14)32-19(18)23-9-8-16(25)22-21(23)27/h3-9,15,17-19H,10-12H2,1-2H3,(H,22,25,27)/t15-,17-,18-,19-/m1/s1. The molecular formula is C21H24N2O9. The molecule has 0 unspecified atom stereocenters. The van der Waals surface area contributed by atoms with Gasteiger partial charge < -0.3 is 23.7 Å². The highest BCUT2D eigenvalue weighted by atomic mass is 16.6. The number of carbonyl (C=O) groups excluding carboxylic acids is 2. The van der Waals surface area contributed by atoms with Crippen molar-refractivity contribution in [2.75, 3.05) is 26.9 Å². The minimum Gasteiger partial charge on any atom is -0.459 e. The predicted octanol–water partition coefficient (Wildman–Crippen LogP) is 0.254. The maximum Gasteiger partial charge on any atom is 0.338 e. The number of rotatable bonds is 9. The number of hydrogen-bond donors (Lipinski definition) is 1. The fraction of sp³-hybridized carbons (Fsp3) is 0.429. The minimum absolute atomic E-state index is 0.138. The van der Waals surface area contributed by atoms with Gasteiger partial charge in [0.25, 0.3) is 5.56 Å². The third-order valence-corrected chi connectivity index (χ3v) is 4.70. The number of hydrogen-bond acceptors (Lipinski definition) is 9. The van der Waals surface area contributed by atoms with E-state index in [0.717, 1.165) is 10.6 Å². The summed E-state index contributed by atoms with van der Waals surface area (Å²) in [5, 5.41) is 0. The molecular weight excluding hydrogens is 424 g/mol. The van der Waals surface area contributed by atoms with Gasteiger partial charge in [0, 0.05) is 26.3 Å². The number of H-pyrrole nitrogens is 1. The quantitative estimate of drug-likeness (QED) is 0.423. The van der Waals surface area contributed by atoms with Crippen molar-refractivity contribution in [2.24, 2.45) is 0 Å². The van der Waals surface area contributed by atoms with Crippen molar-refractivity contribution in [2.45, 2.75) is 31.5 Å². The first-order chi connectivity index (χ1) is 15.4. The Morgan fingerprint density at radius 3 is 2.50 bits per heavy atom. The van der Waals surface area contributed by atoms with E-state index in [4.69, 9.17) is 23.7 Å². The van der Waals surface area contributed by atoms with Crippen molar-refractivity contribution >= 4 is 11.9 Å². The van der Waals surface area contributed by atoms with Gasteiger partial charge in [-0.2, -0.15) is 0 Å². The molecule has 0 radical (unpaired) electrons. The summed E-state index contributed by atoms with van der Waals surface area (Å²) in [6.07, 6.45) is -2.67. The lowest BCUT2D eigenvalue weighted by Gasteiger charge is -2.24. The Bertz CT molecular complexity index is 1030. The lowest BCUT2D eigenvalue weighted by molar-refractivity contribution is -0.158. The fourth-order valence-corrected chi connectivity index (χ4v) is 3.30. The number of aromatic nitrogens is 2. The molecule has 32 heavy (non-hydrogen) atoms. The van der Waals surface area contributed by atoms with Crippen LogP contribution in [0.2, 0.25) is 0 Å². The van der Waals surface area contributed by atoms with E-state index in [1.807, 2.05) is 0 Å². The van der Waals surface area contributed by atoms with Gasteiger partial charge in [-0.1, -0.05) is 18.2 Å². The lowest BCUT2D eigenvalue weighted by atomic mass is 10.1. The van der Waals surface area contributed by atoms with Gasteiger partial charge in [0.15, 0.2) is 12.3 Å². The van der Waals surface area contributed by atoms with E-state index < -0.39 is 47.7 Å². The van der Waals surface area contributed by atoms with E-state index in [2.05, 4.69) is 4.98 Å². The monoisotopic (exact) mass is 448 g/mol. The largest absolute Gasteiger partial charge is 0.459 e. The van der Waals surface area contributed by atoms with E-state index in [0.29, 0.717) is 5.56 Å². The van der Waals surface area contributed by atoms with Crippen LogP contribution in [-0.2, 0) is 28.5 Å². The zero-order chi connectivity index (χ0) is 23.1. The number of esters is 2. The molecule has 1 aromatic carbocycles. The molecule has 172 valence electrons. The van der Waals surface area contributed by atoms with Crippen LogP contribution in [0.3, 0.4) is 0 Å². The minimum atomic E-state index is -1.11. The first kappa shape index (κ1) is 23.4. The van der Waals surface area contributed by atoms with Gasteiger partial charge >= 0.3 is 17.6 Å². The molecule has 1 N–H and O–H groups in total. The maximum atomic E-state index is 12.4. The molecule has 4 atom stereocenters. The normalized spacial score (nSPS) is 22.4. The second kappa shape index (κ2) is 10.8. The highest BCUT2D eigenvalue weighted by Gasteiger charge is 2.49. The number of nitrogens with zero attached hydrogens (tertiary/aromatic N) is 1. The summed E-state index contributed by atoms with van der Waals surface area (Å²) >= 11 is 0. The Morgan fingerprint density at radius 1 is 1.09 bits per heavy atom. The summed E-state index contributed by atoms with van der Waals surface area (Å²) in [6, 6.07) is 9.53. The van der Waals surface area contributed by atoms with Crippen LogP contribution in [0.15, 0.2) is 52.2 Å². The molecule has 3 rings (SSSR count). The summed E-state index contributed by atoms with van der Waals surface area (Å²) in [6.45, 7) is 1.38. The number of methoxy groups -OCH3 is 1. The van der Waals surface area contributed by atoms with E-state index in [9.17, 15) is 19.2 Å². The van der Waals surface area contributed by atoms with Crippen molar-refractivity contribution in [3.8, 4) is 0 Å². The Labute approximate surface area is 182 Å². The molecule has 0 amide bonds. The molecule has 0 bridgehead atoms. The highest BCUT2D eigenvalue weighted by molar-refractivity contribution is 5.89. The van der Waals surface area contributed by atoms with Crippen LogP contribution in [0, 0.1) is 0 Å². The van der Waals surface area contributed by atoms with Crippen molar-refractivity contribution in [1.82, 2.24) is 9.55 Å². The molecule has 0 spiro atoms. The fourth-order valence-electron chi connectivity index (χ4n) is 3.30. The van der Waals surface area contributed by atoms with Crippen LogP contribution >= 0.6 is 0 Å². The second-order valence-electron chi connectivity index (χ2n) is 6.95. The van der Waals surface area contributed by atoms with Gasteiger partial charge in [0.05, 0.1) is 18.8 Å². The summed E-state index contributed by atoms with van der Waals surface area (Å²) in [5.74, 6) is -1.19. The van der Waals surface area contributed by atoms with Crippen LogP contribution in [0.5, 0.6) is 0 Å². The molecule has 2 aromatic rings. The molecule has 11 nitrogen and oxygen atoms in total. The first-order valence-electron chi connectivity index (χ1n) is 9.87. The maximum absolute atomic E-state index is 12.4. The highest BCUT2D eigenvalue weighted by Crippen LogP contribution is 2.33. The Kier molecular flexibility index (Phi) is 7.92.